The first-order chi connectivity index (χ1) is 16.5. The van der Waals surface area contributed by atoms with E-state index in [1.807, 2.05) is 30.3 Å². The molecule has 0 spiro atoms. The minimum absolute atomic E-state index is 0.00949. The van der Waals surface area contributed by atoms with E-state index in [2.05, 4.69) is 0 Å². The van der Waals surface area contributed by atoms with Crippen LogP contribution in [0.3, 0.4) is 0 Å². The summed E-state index contributed by atoms with van der Waals surface area (Å²) >= 11 is 0. The number of aromatic hydroxyl groups is 1. The third-order valence-corrected chi connectivity index (χ3v) is 5.66. The molecule has 1 saturated heterocycles. The van der Waals surface area contributed by atoms with E-state index in [-0.39, 0.29) is 30.2 Å². The van der Waals surface area contributed by atoms with Gasteiger partial charge in [-0.05, 0) is 47.5 Å². The van der Waals surface area contributed by atoms with E-state index in [0.29, 0.717) is 23.5 Å². The van der Waals surface area contributed by atoms with E-state index in [4.69, 9.17) is 9.47 Å². The zero-order valence-corrected chi connectivity index (χ0v) is 18.7. The number of phenols is 1. The first kappa shape index (κ1) is 23.1. The predicted octanol–water partition coefficient (Wildman–Crippen LogP) is 4.04. The fourth-order valence-electron chi connectivity index (χ4n) is 3.91. The minimum Gasteiger partial charge on any atom is -0.508 e. The topological polar surface area (TPSA) is 96.3 Å². The number of hydrogen-bond donors (Lipinski definition) is 2. The molecular formula is C27H25NO6. The third-order valence-electron chi connectivity index (χ3n) is 5.66. The lowest BCUT2D eigenvalue weighted by Gasteiger charge is -2.25. The number of amides is 1. The summed E-state index contributed by atoms with van der Waals surface area (Å²) in [6.07, 6.45) is 0. The number of aliphatic hydroxyl groups is 1. The summed E-state index contributed by atoms with van der Waals surface area (Å²) in [6.45, 7) is 0.808. The van der Waals surface area contributed by atoms with E-state index >= 15 is 0 Å². The molecule has 3 aromatic carbocycles. The minimum atomic E-state index is -0.801. The summed E-state index contributed by atoms with van der Waals surface area (Å²) in [6, 6.07) is 21.8. The number of hydrogen-bond acceptors (Lipinski definition) is 6. The third kappa shape index (κ3) is 4.79. The fraction of sp³-hybridized carbons (Fsp3) is 0.185. The first-order valence-corrected chi connectivity index (χ1v) is 10.8. The Morgan fingerprint density at radius 1 is 0.941 bits per heavy atom. The smallest absolute Gasteiger partial charge is 0.295 e. The number of rotatable bonds is 8. The van der Waals surface area contributed by atoms with Gasteiger partial charge in [0, 0.05) is 19.2 Å². The Morgan fingerprint density at radius 2 is 1.62 bits per heavy atom. The van der Waals surface area contributed by atoms with Gasteiger partial charge >= 0.3 is 0 Å². The highest BCUT2D eigenvalue weighted by Gasteiger charge is 2.45. The molecule has 0 aromatic heterocycles. The monoisotopic (exact) mass is 459 g/mol. The second-order valence-corrected chi connectivity index (χ2v) is 7.88. The van der Waals surface area contributed by atoms with Gasteiger partial charge in [0.15, 0.2) is 0 Å². The average Bonchev–Trinajstić information content (AvgIpc) is 3.12. The van der Waals surface area contributed by atoms with Crippen LogP contribution in [0.1, 0.15) is 22.7 Å². The highest BCUT2D eigenvalue weighted by molar-refractivity contribution is 6.46. The average molecular weight is 459 g/mol. The van der Waals surface area contributed by atoms with Crippen LogP contribution in [-0.4, -0.2) is 47.1 Å². The molecular weight excluding hydrogens is 434 g/mol. The van der Waals surface area contributed by atoms with Gasteiger partial charge in [-0.2, -0.15) is 0 Å². The number of benzene rings is 3. The van der Waals surface area contributed by atoms with Crippen LogP contribution >= 0.6 is 0 Å². The number of aliphatic hydroxyl groups excluding tert-OH is 1. The summed E-state index contributed by atoms with van der Waals surface area (Å²) in [4.78, 5) is 27.1. The standard InChI is InChI=1S/C27H25NO6/c1-33-16-15-28-24(19-7-11-21(29)12-8-19)23(26(31)27(28)32)25(30)20-9-13-22(14-10-20)34-17-18-5-3-2-4-6-18/h2-14,24,29-30H,15-17H2,1H3/b25-23+. The Labute approximate surface area is 197 Å². The molecule has 7 heteroatoms. The molecule has 1 atom stereocenters. The summed E-state index contributed by atoms with van der Waals surface area (Å²) in [5.41, 5.74) is 2.00. The summed E-state index contributed by atoms with van der Waals surface area (Å²) in [5, 5.41) is 20.8. The summed E-state index contributed by atoms with van der Waals surface area (Å²) in [5.74, 6) is -1.08. The fourth-order valence-corrected chi connectivity index (χ4v) is 3.91. The Kier molecular flexibility index (Phi) is 6.94. The lowest BCUT2D eigenvalue weighted by atomic mass is 9.95. The molecule has 2 N–H and O–H groups in total. The van der Waals surface area contributed by atoms with Crippen molar-refractivity contribution in [2.75, 3.05) is 20.3 Å². The van der Waals surface area contributed by atoms with Crippen molar-refractivity contribution >= 4 is 17.4 Å². The number of nitrogens with zero attached hydrogens (tertiary/aromatic N) is 1. The van der Waals surface area contributed by atoms with Gasteiger partial charge in [-0.25, -0.2) is 0 Å². The molecule has 0 bridgehead atoms. The zero-order valence-electron chi connectivity index (χ0n) is 18.7. The number of carbonyl (C=O) groups excluding carboxylic acids is 2. The molecule has 0 radical (unpaired) electrons. The van der Waals surface area contributed by atoms with Gasteiger partial charge in [0.2, 0.25) is 0 Å². The molecule has 1 fully saturated rings. The lowest BCUT2D eigenvalue weighted by molar-refractivity contribution is -0.140. The number of ether oxygens (including phenoxy) is 2. The lowest BCUT2D eigenvalue weighted by Crippen LogP contribution is -2.32. The molecule has 4 rings (SSSR count). The molecule has 3 aromatic rings. The number of Topliss-reactive ketones (excluding diaryl/α,β-unsaturated/α-hetero) is 1. The molecule has 1 amide bonds. The van der Waals surface area contributed by atoms with Crippen molar-refractivity contribution in [2.24, 2.45) is 0 Å². The maximum atomic E-state index is 12.9. The van der Waals surface area contributed by atoms with Crippen LogP contribution in [0.2, 0.25) is 0 Å². The van der Waals surface area contributed by atoms with Gasteiger partial charge in [-0.15, -0.1) is 0 Å². The van der Waals surface area contributed by atoms with Crippen LogP contribution in [0.4, 0.5) is 0 Å². The number of carbonyl (C=O) groups is 2. The number of phenolic OH excluding ortho intramolecular Hbond substituents is 1. The molecule has 1 aliphatic heterocycles. The second kappa shape index (κ2) is 10.2. The molecule has 0 saturated carbocycles. The van der Waals surface area contributed by atoms with Crippen molar-refractivity contribution in [3.8, 4) is 11.5 Å². The molecule has 174 valence electrons. The van der Waals surface area contributed by atoms with Crippen LogP contribution in [0.25, 0.3) is 5.76 Å². The largest absolute Gasteiger partial charge is 0.508 e. The number of likely N-dealkylation sites (tertiary alicyclic amines) is 1. The van der Waals surface area contributed by atoms with Crippen molar-refractivity contribution in [3.63, 3.8) is 0 Å². The van der Waals surface area contributed by atoms with Crippen LogP contribution in [0.5, 0.6) is 11.5 Å². The normalized spacial score (nSPS) is 17.2. The van der Waals surface area contributed by atoms with E-state index in [1.54, 1.807) is 36.4 Å². The Hall–Kier alpha value is -4.10. The van der Waals surface area contributed by atoms with Gasteiger partial charge in [0.05, 0.1) is 18.2 Å². The highest BCUT2D eigenvalue weighted by Crippen LogP contribution is 2.39. The van der Waals surface area contributed by atoms with Gasteiger partial charge in [-0.1, -0.05) is 42.5 Å². The predicted molar refractivity (Wildman–Crippen MR) is 126 cm³/mol. The van der Waals surface area contributed by atoms with E-state index in [1.165, 1.54) is 24.1 Å². The van der Waals surface area contributed by atoms with Gasteiger partial charge in [-0.3, -0.25) is 9.59 Å². The maximum Gasteiger partial charge on any atom is 0.295 e. The van der Waals surface area contributed by atoms with Crippen molar-refractivity contribution in [1.82, 2.24) is 4.90 Å². The quantitative estimate of drug-likeness (QED) is 0.300. The van der Waals surface area contributed by atoms with Gasteiger partial charge in [0.1, 0.15) is 23.9 Å². The Balaban J connectivity index is 1.65. The van der Waals surface area contributed by atoms with Crippen molar-refractivity contribution in [3.05, 3.63) is 101 Å². The van der Waals surface area contributed by atoms with Crippen molar-refractivity contribution in [1.29, 1.82) is 0 Å². The molecule has 1 unspecified atom stereocenters. The SMILES string of the molecule is COCCN1C(=O)C(=O)/C(=C(/O)c2ccc(OCc3ccccc3)cc2)C1c1ccc(O)cc1. The van der Waals surface area contributed by atoms with Crippen LogP contribution in [-0.2, 0) is 20.9 Å². The van der Waals surface area contributed by atoms with Gasteiger partial charge < -0.3 is 24.6 Å². The van der Waals surface area contributed by atoms with Crippen LogP contribution in [0.15, 0.2) is 84.4 Å². The molecule has 1 heterocycles. The molecule has 34 heavy (non-hydrogen) atoms. The molecule has 0 aliphatic carbocycles. The maximum absolute atomic E-state index is 12.9. The number of ketones is 1. The molecule has 1 aliphatic rings. The van der Waals surface area contributed by atoms with E-state index in [0.717, 1.165) is 5.56 Å². The second-order valence-electron chi connectivity index (χ2n) is 7.88. The molecule has 7 nitrogen and oxygen atoms in total. The summed E-state index contributed by atoms with van der Waals surface area (Å²) < 4.78 is 10.9. The van der Waals surface area contributed by atoms with Crippen LogP contribution < -0.4 is 4.74 Å². The number of methoxy groups -OCH3 is 1. The van der Waals surface area contributed by atoms with Crippen molar-refractivity contribution < 1.29 is 29.3 Å². The highest BCUT2D eigenvalue weighted by atomic mass is 16.5. The van der Waals surface area contributed by atoms with Crippen LogP contribution in [0, 0.1) is 0 Å². The zero-order chi connectivity index (χ0) is 24.1. The first-order valence-electron chi connectivity index (χ1n) is 10.8. The van der Waals surface area contributed by atoms with Gasteiger partial charge in [0.25, 0.3) is 11.7 Å². The Bertz CT molecular complexity index is 1190. The van der Waals surface area contributed by atoms with E-state index in [9.17, 15) is 19.8 Å². The van der Waals surface area contributed by atoms with E-state index < -0.39 is 17.7 Å². The summed E-state index contributed by atoms with van der Waals surface area (Å²) in [7, 11) is 1.51. The van der Waals surface area contributed by atoms with Crippen molar-refractivity contribution in [2.45, 2.75) is 12.6 Å². The Morgan fingerprint density at radius 3 is 2.26 bits per heavy atom.